The highest BCUT2D eigenvalue weighted by molar-refractivity contribution is 5.44. The van der Waals surface area contributed by atoms with Crippen molar-refractivity contribution in [3.05, 3.63) is 23.9 Å². The Morgan fingerprint density at radius 1 is 1.36 bits per heavy atom. The Kier molecular flexibility index (Phi) is 1.51. The number of hydrogen-bond donors (Lipinski definition) is 0. The molecule has 1 saturated carbocycles. The summed E-state index contributed by atoms with van der Waals surface area (Å²) in [6, 6.07) is 7.72. The number of rotatable bonds is 1. The molecule has 0 spiro atoms. The Bertz CT molecular complexity index is 397. The molecule has 1 aromatic heterocycles. The zero-order chi connectivity index (χ0) is 9.54. The van der Waals surface area contributed by atoms with Crippen LogP contribution in [0, 0.1) is 23.2 Å². The van der Waals surface area contributed by atoms with E-state index in [0.717, 1.165) is 30.7 Å². The minimum absolute atomic E-state index is 0.517. The van der Waals surface area contributed by atoms with Crippen molar-refractivity contribution in [2.24, 2.45) is 11.8 Å². The lowest BCUT2D eigenvalue weighted by atomic mass is 10.3. The van der Waals surface area contributed by atoms with Crippen LogP contribution in [-0.4, -0.2) is 18.1 Å². The third kappa shape index (κ3) is 1.15. The summed E-state index contributed by atoms with van der Waals surface area (Å²) in [7, 11) is 0. The smallest absolute Gasteiger partial charge is 0.142 e. The molecule has 0 radical (unpaired) electrons. The molecular formula is C11H11N3. The third-order valence-electron chi connectivity index (χ3n) is 3.15. The van der Waals surface area contributed by atoms with Crippen LogP contribution >= 0.6 is 0 Å². The Hall–Kier alpha value is -1.56. The standard InChI is InChI=1S/C11H11N3/c12-5-10-2-1-3-11(13-10)14-6-8-4-9(8)7-14/h1-3,8-9H,4,6-7H2. The third-order valence-corrected chi connectivity index (χ3v) is 3.15. The molecule has 2 fully saturated rings. The average molecular weight is 185 g/mol. The van der Waals surface area contributed by atoms with Crippen LogP contribution in [0.1, 0.15) is 12.1 Å². The maximum atomic E-state index is 8.73. The summed E-state index contributed by atoms with van der Waals surface area (Å²) in [4.78, 5) is 6.58. The second-order valence-corrected chi connectivity index (χ2v) is 4.15. The number of aromatic nitrogens is 1. The summed E-state index contributed by atoms with van der Waals surface area (Å²) in [6.45, 7) is 2.26. The first-order valence-corrected chi connectivity index (χ1v) is 4.99. The van der Waals surface area contributed by atoms with Gasteiger partial charge in [0.1, 0.15) is 17.6 Å². The number of nitriles is 1. The summed E-state index contributed by atoms with van der Waals surface area (Å²) < 4.78 is 0. The van der Waals surface area contributed by atoms with Gasteiger partial charge in [0.05, 0.1) is 0 Å². The van der Waals surface area contributed by atoms with Crippen molar-refractivity contribution in [2.45, 2.75) is 6.42 Å². The first kappa shape index (κ1) is 7.81. The van der Waals surface area contributed by atoms with Crippen molar-refractivity contribution in [2.75, 3.05) is 18.0 Å². The molecule has 2 aliphatic rings. The van der Waals surface area contributed by atoms with Crippen LogP contribution in [0.3, 0.4) is 0 Å². The van der Waals surface area contributed by atoms with Crippen molar-refractivity contribution in [3.63, 3.8) is 0 Å². The van der Waals surface area contributed by atoms with Crippen molar-refractivity contribution in [1.29, 1.82) is 5.26 Å². The van der Waals surface area contributed by atoms with Gasteiger partial charge in [-0.3, -0.25) is 0 Å². The van der Waals surface area contributed by atoms with E-state index in [2.05, 4.69) is 16.0 Å². The predicted octanol–water partition coefficient (Wildman–Crippen LogP) is 1.41. The number of piperidine rings is 1. The molecule has 1 saturated heterocycles. The average Bonchev–Trinajstić information content (AvgIpc) is 2.86. The fourth-order valence-corrected chi connectivity index (χ4v) is 2.25. The number of anilines is 1. The molecule has 3 nitrogen and oxygen atoms in total. The monoisotopic (exact) mass is 185 g/mol. The van der Waals surface area contributed by atoms with E-state index in [4.69, 9.17) is 5.26 Å². The maximum absolute atomic E-state index is 8.73. The van der Waals surface area contributed by atoms with Crippen molar-refractivity contribution in [1.82, 2.24) is 4.98 Å². The van der Waals surface area contributed by atoms with Gasteiger partial charge < -0.3 is 4.90 Å². The van der Waals surface area contributed by atoms with Gasteiger partial charge in [-0.1, -0.05) is 6.07 Å². The maximum Gasteiger partial charge on any atom is 0.142 e. The number of fused-ring (bicyclic) bond motifs is 1. The van der Waals surface area contributed by atoms with Crippen LogP contribution in [0.4, 0.5) is 5.82 Å². The first-order valence-electron chi connectivity index (χ1n) is 4.99. The summed E-state index contributed by atoms with van der Waals surface area (Å²) in [5.74, 6) is 2.78. The molecule has 0 bridgehead atoms. The van der Waals surface area contributed by atoms with Gasteiger partial charge in [-0.15, -0.1) is 0 Å². The Morgan fingerprint density at radius 3 is 2.86 bits per heavy atom. The Balaban J connectivity index is 1.86. The second-order valence-electron chi connectivity index (χ2n) is 4.15. The molecule has 2 unspecified atom stereocenters. The largest absolute Gasteiger partial charge is 0.356 e. The zero-order valence-corrected chi connectivity index (χ0v) is 7.85. The van der Waals surface area contributed by atoms with E-state index in [0.29, 0.717) is 5.69 Å². The minimum atomic E-state index is 0.517. The van der Waals surface area contributed by atoms with Gasteiger partial charge in [-0.05, 0) is 30.4 Å². The molecule has 1 aliphatic heterocycles. The van der Waals surface area contributed by atoms with Crippen LogP contribution in [-0.2, 0) is 0 Å². The molecule has 1 aromatic rings. The highest BCUT2D eigenvalue weighted by Gasteiger charge is 2.45. The molecule has 3 heteroatoms. The van der Waals surface area contributed by atoms with E-state index in [1.54, 1.807) is 6.07 Å². The Morgan fingerprint density at radius 2 is 2.14 bits per heavy atom. The van der Waals surface area contributed by atoms with Crippen LogP contribution in [0.25, 0.3) is 0 Å². The van der Waals surface area contributed by atoms with Gasteiger partial charge in [0.2, 0.25) is 0 Å². The summed E-state index contributed by atoms with van der Waals surface area (Å²) in [6.07, 6.45) is 1.40. The lowest BCUT2D eigenvalue weighted by Crippen LogP contribution is -2.22. The molecule has 0 amide bonds. The van der Waals surface area contributed by atoms with E-state index in [1.807, 2.05) is 12.1 Å². The zero-order valence-electron chi connectivity index (χ0n) is 7.85. The summed E-state index contributed by atoms with van der Waals surface area (Å²) >= 11 is 0. The minimum Gasteiger partial charge on any atom is -0.356 e. The van der Waals surface area contributed by atoms with Gasteiger partial charge in [-0.2, -0.15) is 5.26 Å². The highest BCUT2D eigenvalue weighted by atomic mass is 15.2. The quantitative estimate of drug-likeness (QED) is 0.664. The van der Waals surface area contributed by atoms with E-state index in [1.165, 1.54) is 6.42 Å². The van der Waals surface area contributed by atoms with Gasteiger partial charge in [-0.25, -0.2) is 4.98 Å². The molecule has 14 heavy (non-hydrogen) atoms. The fourth-order valence-electron chi connectivity index (χ4n) is 2.25. The normalized spacial score (nSPS) is 28.4. The van der Waals surface area contributed by atoms with Crippen LogP contribution in [0.2, 0.25) is 0 Å². The van der Waals surface area contributed by atoms with Gasteiger partial charge in [0.15, 0.2) is 0 Å². The van der Waals surface area contributed by atoms with E-state index in [9.17, 15) is 0 Å². The van der Waals surface area contributed by atoms with Crippen LogP contribution in [0.5, 0.6) is 0 Å². The molecular weight excluding hydrogens is 174 g/mol. The van der Waals surface area contributed by atoms with Gasteiger partial charge in [0.25, 0.3) is 0 Å². The summed E-state index contributed by atoms with van der Waals surface area (Å²) in [5.41, 5.74) is 0.517. The number of hydrogen-bond acceptors (Lipinski definition) is 3. The lowest BCUT2D eigenvalue weighted by molar-refractivity contribution is 0.804. The van der Waals surface area contributed by atoms with Crippen molar-refractivity contribution >= 4 is 5.82 Å². The fraction of sp³-hybridized carbons (Fsp3) is 0.455. The predicted molar refractivity (Wildman–Crippen MR) is 52.8 cm³/mol. The topological polar surface area (TPSA) is 39.9 Å². The van der Waals surface area contributed by atoms with Gasteiger partial charge in [0, 0.05) is 13.1 Å². The Labute approximate surface area is 83.0 Å². The lowest BCUT2D eigenvalue weighted by Gasteiger charge is -2.18. The number of pyridine rings is 1. The SMILES string of the molecule is N#Cc1cccc(N2CC3CC3C2)n1. The van der Waals surface area contributed by atoms with Crippen LogP contribution in [0.15, 0.2) is 18.2 Å². The highest BCUT2D eigenvalue weighted by Crippen LogP contribution is 2.45. The van der Waals surface area contributed by atoms with Gasteiger partial charge >= 0.3 is 0 Å². The van der Waals surface area contributed by atoms with E-state index < -0.39 is 0 Å². The van der Waals surface area contributed by atoms with Crippen molar-refractivity contribution < 1.29 is 0 Å². The molecule has 0 aromatic carbocycles. The molecule has 0 N–H and O–H groups in total. The molecule has 1 aliphatic carbocycles. The molecule has 2 heterocycles. The molecule has 2 atom stereocenters. The van der Waals surface area contributed by atoms with Crippen molar-refractivity contribution in [3.8, 4) is 6.07 Å². The van der Waals surface area contributed by atoms with Crippen LogP contribution < -0.4 is 4.90 Å². The number of nitrogens with zero attached hydrogens (tertiary/aromatic N) is 3. The molecule has 70 valence electrons. The first-order chi connectivity index (χ1) is 6.86. The molecule has 3 rings (SSSR count). The summed E-state index contributed by atoms with van der Waals surface area (Å²) in [5, 5.41) is 8.73. The van der Waals surface area contributed by atoms with E-state index in [-0.39, 0.29) is 0 Å². The second kappa shape index (κ2) is 2.71. The van der Waals surface area contributed by atoms with E-state index >= 15 is 0 Å².